The van der Waals surface area contributed by atoms with Crippen molar-refractivity contribution in [2.24, 2.45) is 0 Å². The highest BCUT2D eigenvalue weighted by atomic mass is 16.6. The van der Waals surface area contributed by atoms with Gasteiger partial charge in [-0.25, -0.2) is 4.79 Å². The largest absolute Gasteiger partial charge is 0.486 e. The lowest BCUT2D eigenvalue weighted by atomic mass is 9.99. The Morgan fingerprint density at radius 1 is 1.20 bits per heavy atom. The predicted octanol–water partition coefficient (Wildman–Crippen LogP) is 1.15. The smallest absolute Gasteiger partial charge is 0.354 e. The van der Waals surface area contributed by atoms with Gasteiger partial charge < -0.3 is 14.6 Å². The lowest BCUT2D eigenvalue weighted by Gasteiger charge is -2.20. The van der Waals surface area contributed by atoms with E-state index in [0.717, 1.165) is 5.56 Å². The zero-order valence-electron chi connectivity index (χ0n) is 10.6. The van der Waals surface area contributed by atoms with Gasteiger partial charge >= 0.3 is 5.97 Å². The number of carbonyl (C=O) groups is 1. The lowest BCUT2D eigenvalue weighted by Crippen LogP contribution is -2.16. The molecule has 0 saturated heterocycles. The first-order valence-corrected chi connectivity index (χ1v) is 6.02. The molecule has 2 aromatic rings. The first-order chi connectivity index (χ1) is 9.58. The summed E-state index contributed by atoms with van der Waals surface area (Å²) in [6.07, 6.45) is 0. The van der Waals surface area contributed by atoms with E-state index in [1.54, 1.807) is 19.1 Å². The Balaban J connectivity index is 2.22. The maximum Gasteiger partial charge on any atom is 0.354 e. The number of aromatic nitrogens is 2. The van der Waals surface area contributed by atoms with Crippen molar-refractivity contribution in [3.8, 4) is 22.6 Å². The molecule has 1 aliphatic heterocycles. The summed E-state index contributed by atoms with van der Waals surface area (Å²) in [5.74, 6) is -0.0947. The zero-order chi connectivity index (χ0) is 14.3. The van der Waals surface area contributed by atoms with Crippen LogP contribution in [0.5, 0.6) is 11.5 Å². The standard InChI is InChI=1S/C13H12N2O5/c1-6-4-8-9(20-3-2-19-8)5-7(6)10-11(13(17)18)14-15-12(10)16/h4-5H,2-3H2,1H3,(H,17,18)(H2,14,15,16). The fourth-order valence-electron chi connectivity index (χ4n) is 2.23. The van der Waals surface area contributed by atoms with E-state index in [4.69, 9.17) is 14.6 Å². The lowest BCUT2D eigenvalue weighted by molar-refractivity contribution is 0.0691. The number of aryl methyl sites for hydroxylation is 1. The van der Waals surface area contributed by atoms with Gasteiger partial charge in [0.15, 0.2) is 17.2 Å². The monoisotopic (exact) mass is 276 g/mol. The molecule has 0 unspecified atom stereocenters. The van der Waals surface area contributed by atoms with Crippen LogP contribution in [0.15, 0.2) is 16.9 Å². The molecule has 7 heteroatoms. The highest BCUT2D eigenvalue weighted by molar-refractivity contribution is 5.94. The summed E-state index contributed by atoms with van der Waals surface area (Å²) in [4.78, 5) is 23.0. The first-order valence-electron chi connectivity index (χ1n) is 6.02. The topological polar surface area (TPSA) is 104 Å². The van der Waals surface area contributed by atoms with Crippen molar-refractivity contribution in [2.75, 3.05) is 13.2 Å². The van der Waals surface area contributed by atoms with Crippen LogP contribution < -0.4 is 15.0 Å². The quantitative estimate of drug-likeness (QED) is 0.763. The Bertz CT molecular complexity index is 744. The second-order valence-corrected chi connectivity index (χ2v) is 4.45. The minimum atomic E-state index is -1.20. The van der Waals surface area contributed by atoms with Gasteiger partial charge in [0.05, 0.1) is 5.56 Å². The third-order valence-electron chi connectivity index (χ3n) is 3.15. The van der Waals surface area contributed by atoms with E-state index in [-0.39, 0.29) is 11.3 Å². The van der Waals surface area contributed by atoms with Crippen LogP contribution in [-0.2, 0) is 0 Å². The number of benzene rings is 1. The van der Waals surface area contributed by atoms with Crippen molar-refractivity contribution >= 4 is 5.97 Å². The summed E-state index contributed by atoms with van der Waals surface area (Å²) in [5, 5.41) is 13.8. The minimum Gasteiger partial charge on any atom is -0.486 e. The number of carboxylic acid groups (broad SMARTS) is 1. The van der Waals surface area contributed by atoms with Crippen molar-refractivity contribution in [1.82, 2.24) is 10.2 Å². The summed E-state index contributed by atoms with van der Waals surface area (Å²) in [6, 6.07) is 3.37. The van der Waals surface area contributed by atoms with Gasteiger partial charge in [0, 0.05) is 0 Å². The van der Waals surface area contributed by atoms with Gasteiger partial charge in [-0.2, -0.15) is 0 Å². The average molecular weight is 276 g/mol. The molecule has 3 N–H and O–H groups in total. The third kappa shape index (κ3) is 1.83. The number of aromatic amines is 2. The van der Waals surface area contributed by atoms with E-state index in [1.807, 2.05) is 0 Å². The normalized spacial score (nSPS) is 13.2. The Hall–Kier alpha value is -2.70. The van der Waals surface area contributed by atoms with Crippen LogP contribution in [-0.4, -0.2) is 34.5 Å². The van der Waals surface area contributed by atoms with Gasteiger partial charge in [-0.3, -0.25) is 15.0 Å². The van der Waals surface area contributed by atoms with Gasteiger partial charge in [-0.15, -0.1) is 0 Å². The number of ether oxygens (including phenoxy) is 2. The summed E-state index contributed by atoms with van der Waals surface area (Å²) in [6.45, 7) is 2.67. The maximum absolute atomic E-state index is 11.8. The van der Waals surface area contributed by atoms with Crippen LogP contribution in [0.25, 0.3) is 11.1 Å². The molecule has 3 rings (SSSR count). The number of hydrogen-bond acceptors (Lipinski definition) is 4. The van der Waals surface area contributed by atoms with Gasteiger partial charge in [-0.05, 0) is 30.2 Å². The van der Waals surface area contributed by atoms with Crippen molar-refractivity contribution in [2.45, 2.75) is 6.92 Å². The van der Waals surface area contributed by atoms with Crippen LogP contribution in [0.3, 0.4) is 0 Å². The van der Waals surface area contributed by atoms with Gasteiger partial charge in [0.2, 0.25) is 0 Å². The number of fused-ring (bicyclic) bond motifs is 1. The first kappa shape index (κ1) is 12.3. The highest BCUT2D eigenvalue weighted by Crippen LogP contribution is 2.36. The fraction of sp³-hybridized carbons (Fsp3) is 0.231. The number of nitrogens with one attached hydrogen (secondary N) is 2. The molecule has 0 fully saturated rings. The van der Waals surface area contributed by atoms with Gasteiger partial charge in [-0.1, -0.05) is 0 Å². The van der Waals surface area contributed by atoms with Crippen LogP contribution in [0.4, 0.5) is 0 Å². The van der Waals surface area contributed by atoms with Gasteiger partial charge in [0.25, 0.3) is 5.56 Å². The Kier molecular flexibility index (Phi) is 2.74. The van der Waals surface area contributed by atoms with E-state index >= 15 is 0 Å². The number of carboxylic acids is 1. The van der Waals surface area contributed by atoms with E-state index < -0.39 is 11.5 Å². The molecule has 1 aromatic heterocycles. The second kappa shape index (κ2) is 4.44. The molecule has 0 aliphatic carbocycles. The maximum atomic E-state index is 11.8. The van der Waals surface area contributed by atoms with Crippen molar-refractivity contribution < 1.29 is 19.4 Å². The fourth-order valence-corrected chi connectivity index (χ4v) is 2.23. The van der Waals surface area contributed by atoms with E-state index in [1.165, 1.54) is 0 Å². The molecule has 0 atom stereocenters. The molecule has 1 aromatic carbocycles. The molecule has 2 heterocycles. The Morgan fingerprint density at radius 3 is 2.50 bits per heavy atom. The van der Waals surface area contributed by atoms with Crippen LogP contribution >= 0.6 is 0 Å². The average Bonchev–Trinajstić information content (AvgIpc) is 2.80. The Labute approximate surface area is 113 Å². The minimum absolute atomic E-state index is 0.0898. The van der Waals surface area contributed by atoms with E-state index in [9.17, 15) is 9.59 Å². The molecule has 7 nitrogen and oxygen atoms in total. The third-order valence-corrected chi connectivity index (χ3v) is 3.15. The molecular formula is C13H12N2O5. The number of aromatic carboxylic acids is 1. The SMILES string of the molecule is Cc1cc2c(cc1-c1c(C(=O)O)[nH][nH]c1=O)OCCO2. The van der Waals surface area contributed by atoms with Gasteiger partial charge in [0.1, 0.15) is 13.2 Å². The summed E-state index contributed by atoms with van der Waals surface area (Å²) >= 11 is 0. The molecule has 1 aliphatic rings. The van der Waals surface area contributed by atoms with Crippen LogP contribution in [0.2, 0.25) is 0 Å². The number of H-pyrrole nitrogens is 2. The molecule has 0 bridgehead atoms. The second-order valence-electron chi connectivity index (χ2n) is 4.45. The summed E-state index contributed by atoms with van der Waals surface area (Å²) < 4.78 is 10.9. The molecule has 20 heavy (non-hydrogen) atoms. The Morgan fingerprint density at radius 2 is 1.85 bits per heavy atom. The predicted molar refractivity (Wildman–Crippen MR) is 69.5 cm³/mol. The molecule has 0 saturated carbocycles. The number of hydrogen-bond donors (Lipinski definition) is 3. The number of rotatable bonds is 2. The molecule has 0 radical (unpaired) electrons. The van der Waals surface area contributed by atoms with E-state index in [2.05, 4.69) is 10.2 Å². The molecule has 0 spiro atoms. The molecule has 0 amide bonds. The van der Waals surface area contributed by atoms with Crippen molar-refractivity contribution in [3.63, 3.8) is 0 Å². The summed E-state index contributed by atoms with van der Waals surface area (Å²) in [5.41, 5.74) is 0.680. The van der Waals surface area contributed by atoms with Crippen LogP contribution in [0.1, 0.15) is 16.1 Å². The highest BCUT2D eigenvalue weighted by Gasteiger charge is 2.22. The zero-order valence-corrected chi connectivity index (χ0v) is 10.6. The van der Waals surface area contributed by atoms with Crippen LogP contribution in [0, 0.1) is 6.92 Å². The summed E-state index contributed by atoms with van der Waals surface area (Å²) in [7, 11) is 0. The molecule has 104 valence electrons. The van der Waals surface area contributed by atoms with E-state index in [0.29, 0.717) is 30.3 Å². The van der Waals surface area contributed by atoms with Crippen molar-refractivity contribution in [1.29, 1.82) is 0 Å². The molecular weight excluding hydrogens is 264 g/mol. The van der Waals surface area contributed by atoms with Crippen molar-refractivity contribution in [3.05, 3.63) is 33.7 Å².